The maximum absolute atomic E-state index is 13.5. The van der Waals surface area contributed by atoms with Gasteiger partial charge in [0.1, 0.15) is 19.8 Å². The summed E-state index contributed by atoms with van der Waals surface area (Å²) in [6, 6.07) is 0. The first kappa shape index (κ1) is 41.7. The summed E-state index contributed by atoms with van der Waals surface area (Å²) in [5.74, 6) is -66.5. The lowest BCUT2D eigenvalue weighted by Gasteiger charge is -2.42. The first-order valence-corrected chi connectivity index (χ1v) is 10.0. The quantitative estimate of drug-likeness (QED) is 0.137. The van der Waals surface area contributed by atoms with E-state index >= 15 is 0 Å². The molecule has 8 nitrogen and oxygen atoms in total. The smallest absolute Gasteiger partial charge is 0.460 e. The molecule has 0 amide bonds. The van der Waals surface area contributed by atoms with E-state index in [2.05, 4.69) is 5.73 Å². The van der Waals surface area contributed by atoms with E-state index in [1.807, 2.05) is 0 Å². The van der Waals surface area contributed by atoms with Crippen molar-refractivity contribution in [2.24, 2.45) is 5.92 Å². The van der Waals surface area contributed by atoms with Crippen LogP contribution in [0.3, 0.4) is 0 Å². The lowest BCUT2D eigenvalue weighted by molar-refractivity contribution is -0.494. The molecule has 1 unspecified atom stereocenters. The molecule has 0 aliphatic carbocycles. The highest BCUT2D eigenvalue weighted by molar-refractivity contribution is 5.91. The van der Waals surface area contributed by atoms with Gasteiger partial charge >= 0.3 is 53.6 Å². The van der Waals surface area contributed by atoms with E-state index in [1.165, 1.54) is 0 Å². The van der Waals surface area contributed by atoms with Gasteiger partial charge in [0.15, 0.2) is 5.54 Å². The van der Waals surface area contributed by atoms with Crippen molar-refractivity contribution in [3.63, 3.8) is 0 Å². The van der Waals surface area contributed by atoms with Crippen molar-refractivity contribution in [1.29, 1.82) is 0 Å². The van der Waals surface area contributed by atoms with Crippen LogP contribution < -0.4 is 10.8 Å². The zero-order chi connectivity index (χ0) is 34.8. The fourth-order valence-corrected chi connectivity index (χ4v) is 2.17. The summed E-state index contributed by atoms with van der Waals surface area (Å²) >= 11 is 0. The Balaban J connectivity index is 0. The number of aliphatic carboxylic acids is 2. The molecule has 0 spiro atoms. The number of aliphatic hydroxyl groups is 3. The Bertz CT molecular complexity index is 913. The third-order valence-corrected chi connectivity index (χ3v) is 5.12. The molecule has 0 fully saturated rings. The van der Waals surface area contributed by atoms with Crippen molar-refractivity contribution >= 4 is 11.9 Å². The van der Waals surface area contributed by atoms with E-state index in [0.717, 1.165) is 0 Å². The SMILES string of the molecule is O=C([O-])C(CCC(F)(F)C(F)(F)C(F)(F)C(F)(F)C(F)(F)C(F)(F)C(F)(F)C(F)(F)F)C(=O)O.[NH3+]C(CO)(CO)CO. The van der Waals surface area contributed by atoms with Crippen molar-refractivity contribution in [2.45, 2.75) is 66.0 Å². The molecule has 7 N–H and O–H groups in total. The highest BCUT2D eigenvalue weighted by Gasteiger charge is 2.95. The number of carboxylic acid groups (broad SMARTS) is 2. The summed E-state index contributed by atoms with van der Waals surface area (Å²) in [4.78, 5) is 20.8. The van der Waals surface area contributed by atoms with Gasteiger partial charge in [-0.1, -0.05) is 0 Å². The monoisotopic (exact) mass is 671 g/mol. The second-order valence-electron chi connectivity index (χ2n) is 8.37. The molecule has 0 rings (SSSR count). The van der Waals surface area contributed by atoms with Gasteiger partial charge < -0.3 is 36.1 Å². The highest BCUT2D eigenvalue weighted by Crippen LogP contribution is 2.64. The van der Waals surface area contributed by atoms with Crippen LogP contribution in [0.5, 0.6) is 0 Å². The van der Waals surface area contributed by atoms with E-state index < -0.39 is 83.9 Å². The van der Waals surface area contributed by atoms with Gasteiger partial charge in [0.05, 0.1) is 11.9 Å². The second kappa shape index (κ2) is 12.7. The Hall–Kier alpha value is -2.41. The first-order valence-electron chi connectivity index (χ1n) is 10.0. The number of carboxylic acids is 2. The fraction of sp³-hybridized carbons (Fsp3) is 0.882. The average molecular weight is 671 g/mol. The lowest BCUT2D eigenvalue weighted by atomic mass is 9.87. The normalized spacial score (nSPS) is 15.5. The van der Waals surface area contributed by atoms with Crippen LogP contribution in [0.1, 0.15) is 12.8 Å². The molecule has 25 heteroatoms. The number of carbonyl (C=O) groups excluding carboxylic acids is 1. The summed E-state index contributed by atoms with van der Waals surface area (Å²) in [6.45, 7) is -0.875. The second-order valence-corrected chi connectivity index (χ2v) is 8.37. The molecule has 0 saturated carbocycles. The Morgan fingerprint density at radius 2 is 0.881 bits per heavy atom. The number of hydrogen-bond donors (Lipinski definition) is 5. The summed E-state index contributed by atoms with van der Waals surface area (Å²) in [5, 5.41) is 43.9. The standard InChI is InChI=1S/C13H7F17O4.C4H11NO3/c14-6(15,2-1-3(4(31)32)5(33)34)7(16,17)8(18,19)9(20,21)10(22,23)11(24,25)12(26,27)13(28,29)30;5-4(1-6,2-7)3-8/h3H,1-2H2,(H,31,32)(H,33,34);6-8H,1-3,5H2. The third-order valence-electron chi connectivity index (χ3n) is 5.12. The van der Waals surface area contributed by atoms with E-state index in [9.17, 15) is 89.3 Å². The number of alkyl halides is 17. The predicted molar refractivity (Wildman–Crippen MR) is 92.9 cm³/mol. The molecule has 42 heavy (non-hydrogen) atoms. The van der Waals surface area contributed by atoms with Crippen LogP contribution in [-0.2, 0) is 9.59 Å². The number of aliphatic hydroxyl groups excluding tert-OH is 3. The lowest BCUT2D eigenvalue weighted by Crippen LogP contribution is -2.78. The number of carbonyl (C=O) groups is 2. The summed E-state index contributed by atoms with van der Waals surface area (Å²) in [5.41, 5.74) is 2.42. The van der Waals surface area contributed by atoms with Gasteiger partial charge in [-0.25, -0.2) is 0 Å². The maximum Gasteiger partial charge on any atom is 0.460 e. The molecular weight excluding hydrogens is 653 g/mol. The van der Waals surface area contributed by atoms with Crippen molar-refractivity contribution in [3.8, 4) is 0 Å². The van der Waals surface area contributed by atoms with Crippen LogP contribution in [-0.4, -0.2) is 105 Å². The number of quaternary nitrogens is 1. The van der Waals surface area contributed by atoms with Gasteiger partial charge in [-0.15, -0.1) is 0 Å². The molecule has 0 bridgehead atoms. The molecular formula is C17H18F17NO7. The van der Waals surface area contributed by atoms with Crippen LogP contribution in [0.4, 0.5) is 74.6 Å². The maximum atomic E-state index is 13.5. The molecule has 0 aliphatic heterocycles. The van der Waals surface area contributed by atoms with Gasteiger partial charge in [-0.3, -0.25) is 4.79 Å². The summed E-state index contributed by atoms with van der Waals surface area (Å²) in [7, 11) is 0. The Kier molecular flexibility index (Phi) is 12.6. The van der Waals surface area contributed by atoms with Crippen LogP contribution in [0.25, 0.3) is 0 Å². The molecule has 252 valence electrons. The highest BCUT2D eigenvalue weighted by atomic mass is 19.4. The van der Waals surface area contributed by atoms with Crippen molar-refractivity contribution in [3.05, 3.63) is 0 Å². The molecule has 0 saturated heterocycles. The predicted octanol–water partition coefficient (Wildman–Crippen LogP) is 1.17. The molecule has 0 aromatic carbocycles. The first-order chi connectivity index (χ1) is 18.2. The molecule has 0 aromatic heterocycles. The van der Waals surface area contributed by atoms with Gasteiger partial charge in [0.25, 0.3) is 0 Å². The van der Waals surface area contributed by atoms with E-state index in [4.69, 9.17) is 20.4 Å². The largest absolute Gasteiger partial charge is 0.549 e. The minimum absolute atomic E-state index is 0.292. The van der Waals surface area contributed by atoms with Gasteiger partial charge in [-0.05, 0) is 6.42 Å². The number of hydrogen-bond acceptors (Lipinski definition) is 6. The Morgan fingerprint density at radius 3 is 1.10 bits per heavy atom. The fourth-order valence-electron chi connectivity index (χ4n) is 2.17. The van der Waals surface area contributed by atoms with E-state index in [1.54, 1.807) is 0 Å². The van der Waals surface area contributed by atoms with E-state index in [0.29, 0.717) is 0 Å². The van der Waals surface area contributed by atoms with Gasteiger partial charge in [-0.2, -0.15) is 74.6 Å². The molecule has 0 radical (unpaired) electrons. The Morgan fingerprint density at radius 1 is 0.595 bits per heavy atom. The molecule has 0 aliphatic rings. The summed E-state index contributed by atoms with van der Waals surface area (Å²) < 4.78 is 221. The van der Waals surface area contributed by atoms with Crippen molar-refractivity contribution in [1.82, 2.24) is 0 Å². The molecule has 0 aromatic rings. The number of halogens is 17. The Labute approximate surface area is 220 Å². The molecule has 1 atom stereocenters. The van der Waals surface area contributed by atoms with Crippen LogP contribution in [0, 0.1) is 5.92 Å². The zero-order valence-electron chi connectivity index (χ0n) is 19.8. The minimum atomic E-state index is -8.78. The third kappa shape index (κ3) is 7.20. The minimum Gasteiger partial charge on any atom is -0.549 e. The van der Waals surface area contributed by atoms with Crippen molar-refractivity contribution < 1.29 is 115 Å². The zero-order valence-corrected chi connectivity index (χ0v) is 19.8. The van der Waals surface area contributed by atoms with Crippen molar-refractivity contribution in [2.75, 3.05) is 19.8 Å². The van der Waals surface area contributed by atoms with E-state index in [-0.39, 0.29) is 19.8 Å². The van der Waals surface area contributed by atoms with Crippen LogP contribution in [0.15, 0.2) is 0 Å². The molecule has 0 heterocycles. The van der Waals surface area contributed by atoms with Gasteiger partial charge in [0.2, 0.25) is 0 Å². The topological polar surface area (TPSA) is 166 Å². The number of rotatable bonds is 14. The van der Waals surface area contributed by atoms with Crippen LogP contribution in [0.2, 0.25) is 0 Å². The van der Waals surface area contributed by atoms with Crippen LogP contribution >= 0.6 is 0 Å². The van der Waals surface area contributed by atoms with Gasteiger partial charge in [0, 0.05) is 6.42 Å². The average Bonchev–Trinajstić information content (AvgIpc) is 2.81. The summed E-state index contributed by atoms with van der Waals surface area (Å²) in [6.07, 6.45) is -13.4.